The summed E-state index contributed by atoms with van der Waals surface area (Å²) in [5, 5.41) is 10.8. The molecule has 1 aromatic carbocycles. The van der Waals surface area contributed by atoms with Gasteiger partial charge in [-0.2, -0.15) is 4.84 Å². The molecule has 1 amide bonds. The highest BCUT2D eigenvalue weighted by atomic mass is 16.7. The van der Waals surface area contributed by atoms with Crippen LogP contribution in [0.1, 0.15) is 17.3 Å². The van der Waals surface area contributed by atoms with Crippen molar-refractivity contribution in [3.05, 3.63) is 46.0 Å². The molecule has 0 aromatic heterocycles. The standard InChI is InChI=1S/C11H12N2O5/c1-9(14)12(18-8-13(16)17)7-11(15)10-5-3-2-4-6-10/h2-6H,7-8H2,1H3. The van der Waals surface area contributed by atoms with E-state index in [0.29, 0.717) is 10.6 Å². The number of hydroxylamine groups is 2. The van der Waals surface area contributed by atoms with E-state index in [9.17, 15) is 19.7 Å². The van der Waals surface area contributed by atoms with E-state index in [0.717, 1.165) is 6.92 Å². The van der Waals surface area contributed by atoms with Crippen LogP contribution in [0.4, 0.5) is 0 Å². The molecule has 0 atom stereocenters. The van der Waals surface area contributed by atoms with Crippen LogP contribution in [0.2, 0.25) is 0 Å². The number of benzene rings is 1. The topological polar surface area (TPSA) is 89.8 Å². The first-order chi connectivity index (χ1) is 8.50. The van der Waals surface area contributed by atoms with Gasteiger partial charge in [0.2, 0.25) is 5.91 Å². The minimum atomic E-state index is -0.859. The fraction of sp³-hybridized carbons (Fsp3) is 0.273. The Kier molecular flexibility index (Phi) is 4.94. The van der Waals surface area contributed by atoms with Crippen molar-refractivity contribution in [1.29, 1.82) is 0 Å². The number of carbonyl (C=O) groups excluding carboxylic acids is 2. The molecule has 0 bridgehead atoms. The first-order valence-electron chi connectivity index (χ1n) is 5.11. The summed E-state index contributed by atoms with van der Waals surface area (Å²) in [6.07, 6.45) is 0. The van der Waals surface area contributed by atoms with Crippen LogP contribution >= 0.6 is 0 Å². The van der Waals surface area contributed by atoms with Crippen LogP contribution in [0, 0.1) is 10.1 Å². The minimum absolute atomic E-state index is 0.353. The summed E-state index contributed by atoms with van der Waals surface area (Å²) in [5.41, 5.74) is 0.411. The minimum Gasteiger partial charge on any atom is -0.292 e. The zero-order valence-corrected chi connectivity index (χ0v) is 9.74. The van der Waals surface area contributed by atoms with Crippen molar-refractivity contribution in [1.82, 2.24) is 5.06 Å². The summed E-state index contributed by atoms with van der Waals surface area (Å²) in [6.45, 7) is -0.0486. The zero-order valence-electron chi connectivity index (χ0n) is 9.74. The van der Waals surface area contributed by atoms with E-state index in [-0.39, 0.29) is 12.3 Å². The van der Waals surface area contributed by atoms with E-state index in [1.165, 1.54) is 0 Å². The molecule has 0 N–H and O–H groups in total. The SMILES string of the molecule is CC(=O)N(CC(=O)c1ccccc1)OC[N+](=O)[O-]. The van der Waals surface area contributed by atoms with E-state index in [1.54, 1.807) is 30.3 Å². The average Bonchev–Trinajstić information content (AvgIpc) is 2.34. The van der Waals surface area contributed by atoms with Gasteiger partial charge in [-0.3, -0.25) is 19.7 Å². The van der Waals surface area contributed by atoms with Crippen LogP contribution in [0.5, 0.6) is 0 Å². The van der Waals surface area contributed by atoms with Crippen LogP contribution in [0.25, 0.3) is 0 Å². The number of Topliss-reactive ketones (excluding diaryl/α,β-unsaturated/α-hetero) is 1. The molecule has 0 radical (unpaired) electrons. The number of nitrogens with zero attached hydrogens (tertiary/aromatic N) is 2. The lowest BCUT2D eigenvalue weighted by atomic mass is 10.1. The number of amides is 1. The number of nitro groups is 1. The molecule has 0 heterocycles. The van der Waals surface area contributed by atoms with Crippen LogP contribution in [-0.4, -0.2) is 35.0 Å². The molecule has 1 aromatic rings. The van der Waals surface area contributed by atoms with Crippen LogP contribution in [-0.2, 0) is 9.63 Å². The summed E-state index contributed by atoms with van der Waals surface area (Å²) in [4.78, 5) is 36.9. The van der Waals surface area contributed by atoms with Crippen molar-refractivity contribution < 1.29 is 19.3 Å². The fourth-order valence-electron chi connectivity index (χ4n) is 1.21. The van der Waals surface area contributed by atoms with Gasteiger partial charge in [-0.05, 0) is 0 Å². The number of hydrogen-bond donors (Lipinski definition) is 0. The summed E-state index contributed by atoms with van der Waals surface area (Å²) in [5.74, 6) is -0.921. The molecule has 0 saturated carbocycles. The molecule has 0 fully saturated rings. The van der Waals surface area contributed by atoms with Gasteiger partial charge in [0, 0.05) is 12.5 Å². The maximum atomic E-state index is 11.8. The largest absolute Gasteiger partial charge is 0.326 e. The second kappa shape index (κ2) is 6.45. The van der Waals surface area contributed by atoms with Gasteiger partial charge in [0.25, 0.3) is 0 Å². The van der Waals surface area contributed by atoms with Gasteiger partial charge in [0.05, 0.1) is 4.92 Å². The Morgan fingerprint density at radius 1 is 1.33 bits per heavy atom. The molecule has 0 spiro atoms. The van der Waals surface area contributed by atoms with Crippen molar-refractivity contribution >= 4 is 11.7 Å². The first-order valence-corrected chi connectivity index (χ1v) is 5.11. The van der Waals surface area contributed by atoms with Gasteiger partial charge >= 0.3 is 6.73 Å². The van der Waals surface area contributed by atoms with Crippen molar-refractivity contribution in [3.8, 4) is 0 Å². The van der Waals surface area contributed by atoms with E-state index >= 15 is 0 Å². The Hall–Kier alpha value is -2.28. The van der Waals surface area contributed by atoms with Gasteiger partial charge in [-0.25, -0.2) is 5.06 Å². The fourth-order valence-corrected chi connectivity index (χ4v) is 1.21. The highest BCUT2D eigenvalue weighted by molar-refractivity contribution is 5.98. The number of ketones is 1. The van der Waals surface area contributed by atoms with Gasteiger partial charge in [-0.1, -0.05) is 30.3 Å². The molecule has 0 unspecified atom stereocenters. The molecule has 0 saturated heterocycles. The van der Waals surface area contributed by atoms with Crippen LogP contribution in [0.15, 0.2) is 30.3 Å². The monoisotopic (exact) mass is 252 g/mol. The summed E-state index contributed by atoms with van der Waals surface area (Å²) in [6, 6.07) is 8.30. The maximum absolute atomic E-state index is 11.8. The third-order valence-electron chi connectivity index (χ3n) is 2.05. The third-order valence-corrected chi connectivity index (χ3v) is 2.05. The highest BCUT2D eigenvalue weighted by Crippen LogP contribution is 2.03. The highest BCUT2D eigenvalue weighted by Gasteiger charge is 2.17. The Bertz CT molecular complexity index is 446. The van der Waals surface area contributed by atoms with E-state index < -0.39 is 17.6 Å². The normalized spacial score (nSPS) is 9.83. The van der Waals surface area contributed by atoms with Crippen molar-refractivity contribution in [2.45, 2.75) is 6.92 Å². The zero-order chi connectivity index (χ0) is 13.5. The van der Waals surface area contributed by atoms with Crippen molar-refractivity contribution in [2.75, 3.05) is 13.3 Å². The van der Waals surface area contributed by atoms with Gasteiger partial charge in [0.1, 0.15) is 6.54 Å². The van der Waals surface area contributed by atoms with Crippen molar-refractivity contribution in [2.24, 2.45) is 0 Å². The quantitative estimate of drug-likeness (QED) is 0.324. The third kappa shape index (κ3) is 4.30. The summed E-state index contributed by atoms with van der Waals surface area (Å²) < 4.78 is 0. The smallest absolute Gasteiger partial charge is 0.292 e. The number of hydrogen-bond acceptors (Lipinski definition) is 5. The predicted molar refractivity (Wildman–Crippen MR) is 61.1 cm³/mol. The molecule has 7 nitrogen and oxygen atoms in total. The van der Waals surface area contributed by atoms with Gasteiger partial charge < -0.3 is 0 Å². The van der Waals surface area contributed by atoms with E-state index in [2.05, 4.69) is 4.84 Å². The van der Waals surface area contributed by atoms with E-state index in [1.807, 2.05) is 0 Å². The lowest BCUT2D eigenvalue weighted by molar-refractivity contribution is -0.544. The molecule has 18 heavy (non-hydrogen) atoms. The molecule has 0 aliphatic rings. The lowest BCUT2D eigenvalue weighted by Gasteiger charge is -2.16. The summed E-state index contributed by atoms with van der Waals surface area (Å²) in [7, 11) is 0. The second-order valence-electron chi connectivity index (χ2n) is 3.44. The Labute approximate surface area is 103 Å². The molecule has 0 aliphatic heterocycles. The Balaban J connectivity index is 2.64. The predicted octanol–water partition coefficient (Wildman–Crippen LogP) is 0.884. The molecule has 96 valence electrons. The Morgan fingerprint density at radius 2 is 1.94 bits per heavy atom. The Morgan fingerprint density at radius 3 is 2.44 bits per heavy atom. The van der Waals surface area contributed by atoms with Crippen LogP contribution < -0.4 is 0 Å². The molecule has 1 rings (SSSR count). The molecule has 0 aliphatic carbocycles. The first kappa shape index (κ1) is 13.8. The van der Waals surface area contributed by atoms with Crippen LogP contribution in [0.3, 0.4) is 0 Å². The average molecular weight is 252 g/mol. The van der Waals surface area contributed by atoms with Gasteiger partial charge in [-0.15, -0.1) is 0 Å². The second-order valence-corrected chi connectivity index (χ2v) is 3.44. The number of carbonyl (C=O) groups is 2. The number of rotatable bonds is 6. The molecular formula is C11H12N2O5. The lowest BCUT2D eigenvalue weighted by Crippen LogP contribution is -2.35. The van der Waals surface area contributed by atoms with Crippen molar-refractivity contribution in [3.63, 3.8) is 0 Å². The van der Waals surface area contributed by atoms with E-state index in [4.69, 9.17) is 0 Å². The molecular weight excluding hydrogens is 240 g/mol. The van der Waals surface area contributed by atoms with Gasteiger partial charge in [0.15, 0.2) is 5.78 Å². The molecule has 7 heteroatoms. The maximum Gasteiger partial charge on any atom is 0.326 e. The summed E-state index contributed by atoms with van der Waals surface area (Å²) >= 11 is 0.